The van der Waals surface area contributed by atoms with Crippen LogP contribution < -0.4 is 5.32 Å². The number of urea groups is 1. The Kier molecular flexibility index (Phi) is 7.86. The summed E-state index contributed by atoms with van der Waals surface area (Å²) in [5, 5.41) is 15.6. The summed E-state index contributed by atoms with van der Waals surface area (Å²) >= 11 is 12.1. The average molecular weight is 552 g/mol. The van der Waals surface area contributed by atoms with E-state index in [2.05, 4.69) is 5.32 Å². The molecule has 2 fully saturated rings. The molecule has 4 rings (SSSR count). The standard InChI is InChI=1S/C24H24Cl2FN5O5/c1-29-13-21(33)31-19(9-22(34)35)23(36)30(11-15-4-7-17(25)18(26)8-15)12-20(31)32(29)24(37)28-10-14-2-5-16(27)6-3-14/h2-8,19-20H,9-13H2,1H3,(H,28,37)(H,34,35)/t19-,20-/m0/s1. The number of fused-ring (bicyclic) bond motifs is 1. The molecule has 0 aliphatic carbocycles. The Bertz CT molecular complexity index is 1230. The van der Waals surface area contributed by atoms with Gasteiger partial charge in [0.1, 0.15) is 18.0 Å². The zero-order valence-electron chi connectivity index (χ0n) is 19.7. The average Bonchev–Trinajstić information content (AvgIpc) is 2.83. The van der Waals surface area contributed by atoms with Crippen LogP contribution in [-0.4, -0.2) is 81.1 Å². The summed E-state index contributed by atoms with van der Waals surface area (Å²) in [6.45, 7) is -0.125. The van der Waals surface area contributed by atoms with Crippen LogP contribution in [0, 0.1) is 5.82 Å². The van der Waals surface area contributed by atoms with E-state index >= 15 is 0 Å². The highest BCUT2D eigenvalue weighted by molar-refractivity contribution is 6.42. The predicted molar refractivity (Wildman–Crippen MR) is 132 cm³/mol. The van der Waals surface area contributed by atoms with Gasteiger partial charge in [0.05, 0.1) is 29.6 Å². The quantitative estimate of drug-likeness (QED) is 0.570. The van der Waals surface area contributed by atoms with Gasteiger partial charge in [-0.1, -0.05) is 41.4 Å². The Morgan fingerprint density at radius 3 is 2.41 bits per heavy atom. The monoisotopic (exact) mass is 551 g/mol. The van der Waals surface area contributed by atoms with Gasteiger partial charge in [0.2, 0.25) is 11.8 Å². The van der Waals surface area contributed by atoms with Crippen LogP contribution in [0.5, 0.6) is 0 Å². The van der Waals surface area contributed by atoms with E-state index in [0.29, 0.717) is 21.2 Å². The number of carboxylic acid groups (broad SMARTS) is 1. The molecule has 0 radical (unpaired) electrons. The minimum absolute atomic E-state index is 0.0603. The normalized spacial score (nSPS) is 20.2. The lowest BCUT2D eigenvalue weighted by Gasteiger charge is -2.54. The van der Waals surface area contributed by atoms with Crippen molar-refractivity contribution in [3.05, 3.63) is 69.5 Å². The number of likely N-dealkylation sites (N-methyl/N-ethyl adjacent to an activating group) is 1. The Balaban J connectivity index is 1.61. The lowest BCUT2D eigenvalue weighted by atomic mass is 10.0. The number of hydrazine groups is 1. The third-order valence-corrected chi connectivity index (χ3v) is 6.97. The molecule has 2 atom stereocenters. The molecule has 10 nitrogen and oxygen atoms in total. The van der Waals surface area contributed by atoms with Gasteiger partial charge in [-0.05, 0) is 35.4 Å². The topological polar surface area (TPSA) is 114 Å². The molecular formula is C24H24Cl2FN5O5. The van der Waals surface area contributed by atoms with Crippen molar-refractivity contribution in [2.45, 2.75) is 31.7 Å². The zero-order chi connectivity index (χ0) is 26.9. The Morgan fingerprint density at radius 1 is 1.08 bits per heavy atom. The summed E-state index contributed by atoms with van der Waals surface area (Å²) in [4.78, 5) is 53.9. The van der Waals surface area contributed by atoms with Crippen molar-refractivity contribution < 1.29 is 28.7 Å². The van der Waals surface area contributed by atoms with Crippen LogP contribution in [0.1, 0.15) is 17.5 Å². The van der Waals surface area contributed by atoms with Crippen LogP contribution in [0.4, 0.5) is 9.18 Å². The number of carbonyl (C=O) groups is 4. The maximum Gasteiger partial charge on any atom is 0.334 e. The number of amides is 4. The van der Waals surface area contributed by atoms with E-state index in [4.69, 9.17) is 23.2 Å². The molecule has 2 aliphatic heterocycles. The lowest BCUT2D eigenvalue weighted by Crippen LogP contribution is -2.76. The predicted octanol–water partition coefficient (Wildman–Crippen LogP) is 2.54. The first-order chi connectivity index (χ1) is 17.5. The molecule has 13 heteroatoms. The fourth-order valence-corrected chi connectivity index (χ4v) is 4.85. The Hall–Kier alpha value is -3.41. The van der Waals surface area contributed by atoms with E-state index < -0.39 is 48.3 Å². The van der Waals surface area contributed by atoms with E-state index in [1.807, 2.05) is 0 Å². The number of carboxylic acids is 1. The van der Waals surface area contributed by atoms with E-state index in [-0.39, 0.29) is 26.2 Å². The van der Waals surface area contributed by atoms with Crippen LogP contribution in [0.25, 0.3) is 0 Å². The number of benzene rings is 2. The molecule has 0 spiro atoms. The van der Waals surface area contributed by atoms with Crippen molar-refractivity contribution in [2.75, 3.05) is 20.1 Å². The van der Waals surface area contributed by atoms with E-state index in [9.17, 15) is 28.7 Å². The summed E-state index contributed by atoms with van der Waals surface area (Å²) in [7, 11) is 1.55. The number of hydrogen-bond donors (Lipinski definition) is 2. The molecule has 2 aromatic rings. The Morgan fingerprint density at radius 2 is 1.76 bits per heavy atom. The lowest BCUT2D eigenvalue weighted by molar-refractivity contribution is -0.189. The number of carbonyl (C=O) groups excluding carboxylic acids is 3. The third-order valence-electron chi connectivity index (χ3n) is 6.23. The first kappa shape index (κ1) is 26.6. The molecule has 4 amide bonds. The second-order valence-corrected chi connectivity index (χ2v) is 9.62. The number of rotatable bonds is 6. The fourth-order valence-electron chi connectivity index (χ4n) is 4.53. The van der Waals surface area contributed by atoms with Crippen LogP contribution >= 0.6 is 23.2 Å². The highest BCUT2D eigenvalue weighted by Gasteiger charge is 2.51. The van der Waals surface area contributed by atoms with Crippen LogP contribution in [0.15, 0.2) is 42.5 Å². The summed E-state index contributed by atoms with van der Waals surface area (Å²) in [5.74, 6) is -2.68. The fraction of sp³-hybridized carbons (Fsp3) is 0.333. The molecule has 0 aromatic heterocycles. The van der Waals surface area contributed by atoms with Crippen molar-refractivity contribution in [3.8, 4) is 0 Å². The minimum atomic E-state index is -1.30. The van der Waals surface area contributed by atoms with Gasteiger partial charge in [0, 0.05) is 20.1 Å². The van der Waals surface area contributed by atoms with Crippen LogP contribution in [0.2, 0.25) is 10.0 Å². The van der Waals surface area contributed by atoms with Gasteiger partial charge in [-0.2, -0.15) is 0 Å². The molecule has 37 heavy (non-hydrogen) atoms. The molecule has 2 N–H and O–H groups in total. The van der Waals surface area contributed by atoms with E-state index in [1.165, 1.54) is 44.1 Å². The summed E-state index contributed by atoms with van der Waals surface area (Å²) in [6, 6.07) is 8.63. The number of nitrogens with zero attached hydrogens (tertiary/aromatic N) is 4. The maximum absolute atomic E-state index is 13.4. The highest BCUT2D eigenvalue weighted by Crippen LogP contribution is 2.29. The molecule has 196 valence electrons. The van der Waals surface area contributed by atoms with E-state index in [1.54, 1.807) is 25.2 Å². The van der Waals surface area contributed by atoms with Crippen molar-refractivity contribution >= 4 is 47.0 Å². The van der Waals surface area contributed by atoms with Gasteiger partial charge in [-0.15, -0.1) is 0 Å². The number of piperazine rings is 1. The second kappa shape index (κ2) is 10.9. The summed E-state index contributed by atoms with van der Waals surface area (Å²) in [5.41, 5.74) is 1.30. The second-order valence-electron chi connectivity index (χ2n) is 8.81. The number of aliphatic carboxylic acids is 1. The van der Waals surface area contributed by atoms with Crippen LogP contribution in [0.3, 0.4) is 0 Å². The minimum Gasteiger partial charge on any atom is -0.481 e. The van der Waals surface area contributed by atoms with Gasteiger partial charge >= 0.3 is 12.0 Å². The van der Waals surface area contributed by atoms with Gasteiger partial charge < -0.3 is 20.2 Å². The highest BCUT2D eigenvalue weighted by atomic mass is 35.5. The van der Waals surface area contributed by atoms with Gasteiger partial charge in [-0.3, -0.25) is 14.4 Å². The van der Waals surface area contributed by atoms with Gasteiger partial charge in [0.15, 0.2) is 0 Å². The molecule has 0 unspecified atom stereocenters. The van der Waals surface area contributed by atoms with Gasteiger partial charge in [0.25, 0.3) is 0 Å². The Labute approximate surface area is 222 Å². The zero-order valence-corrected chi connectivity index (χ0v) is 21.2. The summed E-state index contributed by atoms with van der Waals surface area (Å²) in [6.07, 6.45) is -1.57. The molecule has 2 saturated heterocycles. The first-order valence-corrected chi connectivity index (χ1v) is 12.1. The molecule has 2 aromatic carbocycles. The van der Waals surface area contributed by atoms with Crippen LogP contribution in [-0.2, 0) is 27.5 Å². The van der Waals surface area contributed by atoms with Gasteiger partial charge in [-0.25, -0.2) is 19.2 Å². The number of halogens is 3. The van der Waals surface area contributed by atoms with Crippen molar-refractivity contribution in [2.24, 2.45) is 0 Å². The molecule has 2 heterocycles. The SMILES string of the molecule is CN1CC(=O)N2[C@@H](CC(=O)O)C(=O)N(Cc3ccc(Cl)c(Cl)c3)C[C@@H]2N1C(=O)NCc1ccc(F)cc1. The molecule has 2 aliphatic rings. The summed E-state index contributed by atoms with van der Waals surface area (Å²) < 4.78 is 13.2. The van der Waals surface area contributed by atoms with E-state index in [0.717, 1.165) is 0 Å². The largest absolute Gasteiger partial charge is 0.481 e. The van der Waals surface area contributed by atoms with Crippen molar-refractivity contribution in [1.82, 2.24) is 25.1 Å². The third kappa shape index (κ3) is 5.79. The van der Waals surface area contributed by atoms with Crippen molar-refractivity contribution in [1.29, 1.82) is 0 Å². The first-order valence-electron chi connectivity index (χ1n) is 11.3. The molecule has 0 saturated carbocycles. The molecule has 0 bridgehead atoms. The maximum atomic E-state index is 13.4. The number of nitrogens with one attached hydrogen (secondary N) is 1. The van der Waals surface area contributed by atoms with Crippen molar-refractivity contribution in [3.63, 3.8) is 0 Å². The number of hydrogen-bond acceptors (Lipinski definition) is 5. The molecular weight excluding hydrogens is 528 g/mol. The smallest absolute Gasteiger partial charge is 0.334 e.